The fourth-order valence-corrected chi connectivity index (χ4v) is 5.95. The number of nitrogens with zero attached hydrogens (tertiary/aromatic N) is 3. The van der Waals surface area contributed by atoms with Crippen LogP contribution in [0.3, 0.4) is 0 Å². The van der Waals surface area contributed by atoms with Crippen LogP contribution in [-0.2, 0) is 11.3 Å². The Balaban J connectivity index is 1.47. The second kappa shape index (κ2) is 9.28. The third-order valence-electron chi connectivity index (χ3n) is 7.15. The molecule has 3 aliphatic rings. The first-order chi connectivity index (χ1) is 14.2. The van der Waals surface area contributed by atoms with Gasteiger partial charge in [-0.05, 0) is 61.8 Å². The van der Waals surface area contributed by atoms with E-state index >= 15 is 0 Å². The summed E-state index contributed by atoms with van der Waals surface area (Å²) in [6.07, 6.45) is 6.76. The van der Waals surface area contributed by atoms with E-state index in [4.69, 9.17) is 0 Å². The maximum atomic E-state index is 12.1. The Morgan fingerprint density at radius 1 is 1.28 bits per heavy atom. The Kier molecular flexibility index (Phi) is 6.52. The molecule has 1 aromatic carbocycles. The molecular formula is C24H34N4O. The summed E-state index contributed by atoms with van der Waals surface area (Å²) in [5, 5.41) is 12.4. The summed E-state index contributed by atoms with van der Waals surface area (Å²) in [4.78, 5) is 17.5. The molecule has 29 heavy (non-hydrogen) atoms. The minimum Gasteiger partial charge on any atom is -0.355 e. The molecule has 0 aromatic heterocycles. The predicted molar refractivity (Wildman–Crippen MR) is 114 cm³/mol. The van der Waals surface area contributed by atoms with Gasteiger partial charge in [-0.25, -0.2) is 0 Å². The molecule has 0 radical (unpaired) electrons. The fraction of sp³-hybridized carbons (Fsp3) is 0.667. The van der Waals surface area contributed by atoms with Gasteiger partial charge in [-0.2, -0.15) is 5.26 Å². The van der Waals surface area contributed by atoms with Crippen LogP contribution < -0.4 is 5.32 Å². The van der Waals surface area contributed by atoms with Gasteiger partial charge < -0.3 is 5.32 Å². The van der Waals surface area contributed by atoms with Gasteiger partial charge in [-0.3, -0.25) is 14.6 Å². The summed E-state index contributed by atoms with van der Waals surface area (Å²) in [6.45, 7) is 7.21. The van der Waals surface area contributed by atoms with Crippen molar-refractivity contribution in [2.75, 3.05) is 26.2 Å². The van der Waals surface area contributed by atoms with Crippen molar-refractivity contribution in [3.63, 3.8) is 0 Å². The normalized spacial score (nSPS) is 29.7. The topological polar surface area (TPSA) is 59.4 Å². The average Bonchev–Trinajstić information content (AvgIpc) is 2.74. The van der Waals surface area contributed by atoms with Crippen molar-refractivity contribution in [1.82, 2.24) is 15.1 Å². The lowest BCUT2D eigenvalue weighted by atomic mass is 9.72. The number of likely N-dealkylation sites (tertiary alicyclic amines) is 1. The van der Waals surface area contributed by atoms with Crippen LogP contribution in [0.4, 0.5) is 0 Å². The monoisotopic (exact) mass is 394 g/mol. The second-order valence-corrected chi connectivity index (χ2v) is 9.18. The van der Waals surface area contributed by atoms with Gasteiger partial charge in [0.25, 0.3) is 0 Å². The first kappa shape index (κ1) is 20.4. The van der Waals surface area contributed by atoms with Gasteiger partial charge >= 0.3 is 0 Å². The summed E-state index contributed by atoms with van der Waals surface area (Å²) in [6, 6.07) is 11.4. The third kappa shape index (κ3) is 4.65. The van der Waals surface area contributed by atoms with E-state index in [1.54, 1.807) is 0 Å². The number of benzene rings is 1. The molecule has 4 atom stereocenters. The van der Waals surface area contributed by atoms with Crippen molar-refractivity contribution in [1.29, 1.82) is 5.26 Å². The van der Waals surface area contributed by atoms with E-state index in [9.17, 15) is 10.1 Å². The molecule has 0 saturated carbocycles. The van der Waals surface area contributed by atoms with Crippen molar-refractivity contribution < 1.29 is 4.79 Å². The van der Waals surface area contributed by atoms with Crippen molar-refractivity contribution in [2.45, 2.75) is 64.1 Å². The highest BCUT2D eigenvalue weighted by atomic mass is 16.1. The molecule has 4 rings (SSSR count). The van der Waals surface area contributed by atoms with E-state index in [2.05, 4.69) is 34.2 Å². The Morgan fingerprint density at radius 2 is 2.14 bits per heavy atom. The van der Waals surface area contributed by atoms with Crippen LogP contribution in [0, 0.1) is 23.2 Å². The van der Waals surface area contributed by atoms with Crippen LogP contribution in [0.5, 0.6) is 0 Å². The number of nitriles is 1. The van der Waals surface area contributed by atoms with E-state index < -0.39 is 0 Å². The highest BCUT2D eigenvalue weighted by Crippen LogP contribution is 2.41. The lowest BCUT2D eigenvalue weighted by Crippen LogP contribution is -2.65. The van der Waals surface area contributed by atoms with Gasteiger partial charge in [0.15, 0.2) is 0 Å². The zero-order valence-corrected chi connectivity index (χ0v) is 17.6. The summed E-state index contributed by atoms with van der Waals surface area (Å²) in [5.41, 5.74) is 1.98. The number of hydrogen-bond acceptors (Lipinski definition) is 4. The maximum absolute atomic E-state index is 12.1. The number of carbonyl (C=O) groups is 1. The predicted octanol–water partition coefficient (Wildman–Crippen LogP) is 3.15. The van der Waals surface area contributed by atoms with Gasteiger partial charge in [0, 0.05) is 44.7 Å². The van der Waals surface area contributed by atoms with Gasteiger partial charge in [-0.1, -0.05) is 25.5 Å². The quantitative estimate of drug-likeness (QED) is 0.805. The highest BCUT2D eigenvalue weighted by Gasteiger charge is 2.46. The Labute approximate surface area is 175 Å². The fourth-order valence-electron chi connectivity index (χ4n) is 5.95. The number of rotatable bonds is 6. The minimum absolute atomic E-state index is 0.198. The van der Waals surface area contributed by atoms with E-state index in [1.165, 1.54) is 37.8 Å². The van der Waals surface area contributed by atoms with Crippen molar-refractivity contribution in [2.24, 2.45) is 11.8 Å². The molecule has 2 bridgehead atoms. The molecule has 5 nitrogen and oxygen atoms in total. The molecule has 1 aromatic rings. The Hall–Kier alpha value is -1.90. The number of hydrogen-bond donors (Lipinski definition) is 1. The highest BCUT2D eigenvalue weighted by molar-refractivity contribution is 5.75. The molecule has 1 amide bonds. The number of nitrogens with one attached hydrogen (secondary N) is 1. The molecule has 5 heteroatoms. The van der Waals surface area contributed by atoms with Crippen LogP contribution in [0.25, 0.3) is 0 Å². The summed E-state index contributed by atoms with van der Waals surface area (Å²) in [7, 11) is 0. The van der Waals surface area contributed by atoms with E-state index in [1.807, 2.05) is 18.2 Å². The molecular weight excluding hydrogens is 360 g/mol. The number of fused-ring (bicyclic) bond motifs is 4. The van der Waals surface area contributed by atoms with Crippen LogP contribution in [0.2, 0.25) is 0 Å². The zero-order chi connectivity index (χ0) is 20.2. The lowest BCUT2D eigenvalue weighted by Gasteiger charge is -2.57. The summed E-state index contributed by atoms with van der Waals surface area (Å²) >= 11 is 0. The number of amides is 1. The Bertz CT molecular complexity index is 757. The average molecular weight is 395 g/mol. The SMILES string of the molecule is CCCC(=O)NC[C@H]1[C@H]2C[C@@H](CN(Cc3cccc(C#N)c3)C2)[C@@H]2CCCCN21. The smallest absolute Gasteiger partial charge is 0.220 e. The lowest BCUT2D eigenvalue weighted by molar-refractivity contribution is -0.122. The van der Waals surface area contributed by atoms with Gasteiger partial charge in [0.2, 0.25) is 5.91 Å². The van der Waals surface area contributed by atoms with Crippen LogP contribution in [0.15, 0.2) is 24.3 Å². The number of piperidine rings is 3. The van der Waals surface area contributed by atoms with Gasteiger partial charge in [0.1, 0.15) is 0 Å². The van der Waals surface area contributed by atoms with E-state index in [0.717, 1.165) is 44.1 Å². The molecule has 156 valence electrons. The second-order valence-electron chi connectivity index (χ2n) is 9.18. The minimum atomic E-state index is 0.198. The zero-order valence-electron chi connectivity index (χ0n) is 17.6. The molecule has 0 spiro atoms. The van der Waals surface area contributed by atoms with Gasteiger partial charge in [-0.15, -0.1) is 0 Å². The van der Waals surface area contributed by atoms with Crippen molar-refractivity contribution >= 4 is 5.91 Å². The van der Waals surface area contributed by atoms with E-state index in [-0.39, 0.29) is 5.91 Å². The summed E-state index contributed by atoms with van der Waals surface area (Å²) in [5.74, 6) is 1.55. The molecule has 0 unspecified atom stereocenters. The van der Waals surface area contributed by atoms with Gasteiger partial charge in [0.05, 0.1) is 11.6 Å². The molecule has 3 saturated heterocycles. The maximum Gasteiger partial charge on any atom is 0.220 e. The molecule has 0 aliphatic carbocycles. The molecule has 3 fully saturated rings. The first-order valence-electron chi connectivity index (χ1n) is 11.4. The van der Waals surface area contributed by atoms with Crippen molar-refractivity contribution in [3.8, 4) is 6.07 Å². The van der Waals surface area contributed by atoms with Crippen LogP contribution in [-0.4, -0.2) is 54.0 Å². The molecule has 3 heterocycles. The van der Waals surface area contributed by atoms with Crippen LogP contribution >= 0.6 is 0 Å². The number of carbonyl (C=O) groups excluding carboxylic acids is 1. The third-order valence-corrected chi connectivity index (χ3v) is 7.15. The van der Waals surface area contributed by atoms with Crippen LogP contribution in [0.1, 0.15) is 56.6 Å². The summed E-state index contributed by atoms with van der Waals surface area (Å²) < 4.78 is 0. The Morgan fingerprint density at radius 3 is 2.97 bits per heavy atom. The van der Waals surface area contributed by atoms with Crippen molar-refractivity contribution in [3.05, 3.63) is 35.4 Å². The first-order valence-corrected chi connectivity index (χ1v) is 11.4. The molecule has 1 N–H and O–H groups in total. The molecule has 3 aliphatic heterocycles. The standard InChI is InChI=1S/C24H34N4O/c1-2-6-24(29)26-14-23-21-12-20(22-9-3-4-10-28(22)23)16-27(17-21)15-19-8-5-7-18(11-19)13-25/h5,7-8,11,20-23H,2-4,6,9-10,12,14-17H2,1H3,(H,26,29)/t20-,21-,22-,23-/m0/s1. The largest absolute Gasteiger partial charge is 0.355 e. The van der Waals surface area contributed by atoms with E-state index in [0.29, 0.717) is 24.4 Å².